The minimum absolute atomic E-state index is 0.460. The van der Waals surface area contributed by atoms with Crippen LogP contribution >= 0.6 is 11.6 Å². The van der Waals surface area contributed by atoms with E-state index in [1.54, 1.807) is 0 Å². The first-order valence-electron chi connectivity index (χ1n) is 6.65. The maximum atomic E-state index is 6.24. The molecule has 3 nitrogen and oxygen atoms in total. The van der Waals surface area contributed by atoms with Crippen LogP contribution < -0.4 is 5.32 Å². The van der Waals surface area contributed by atoms with Gasteiger partial charge in [-0.2, -0.15) is 0 Å². The Bertz CT molecular complexity index is 743. The molecule has 1 heterocycles. The second kappa shape index (κ2) is 5.94. The average Bonchev–Trinajstić information content (AvgIpc) is 2.52. The van der Waals surface area contributed by atoms with Crippen molar-refractivity contribution in [3.63, 3.8) is 0 Å². The fraction of sp³-hybridized carbons (Fsp3) is 0.0588. The van der Waals surface area contributed by atoms with Gasteiger partial charge in [0.15, 0.2) is 0 Å². The van der Waals surface area contributed by atoms with Gasteiger partial charge in [-0.15, -0.1) is 0 Å². The third-order valence-electron chi connectivity index (χ3n) is 3.16. The molecular weight excluding hydrogens is 282 g/mol. The Labute approximate surface area is 128 Å². The van der Waals surface area contributed by atoms with Crippen LogP contribution in [0.3, 0.4) is 0 Å². The Hall–Kier alpha value is -2.39. The monoisotopic (exact) mass is 295 g/mol. The highest BCUT2D eigenvalue weighted by atomic mass is 35.5. The largest absolute Gasteiger partial charge is 0.324 e. The Balaban J connectivity index is 2.02. The van der Waals surface area contributed by atoms with Crippen LogP contribution in [0.25, 0.3) is 11.3 Å². The van der Waals surface area contributed by atoms with Crippen LogP contribution in [0, 0.1) is 6.92 Å². The molecule has 2 aromatic carbocycles. The summed E-state index contributed by atoms with van der Waals surface area (Å²) in [6.45, 7) is 1.93. The molecule has 0 aliphatic rings. The number of aromatic nitrogens is 2. The molecule has 0 aliphatic carbocycles. The van der Waals surface area contributed by atoms with Gasteiger partial charge in [-0.1, -0.05) is 60.1 Å². The summed E-state index contributed by atoms with van der Waals surface area (Å²) in [6.07, 6.45) is 0. The Morgan fingerprint density at radius 2 is 1.48 bits per heavy atom. The zero-order chi connectivity index (χ0) is 14.7. The number of anilines is 2. The number of para-hydroxylation sites is 1. The minimum atomic E-state index is 0.460. The molecule has 0 atom stereocenters. The molecule has 1 N–H and O–H groups in total. The molecule has 21 heavy (non-hydrogen) atoms. The molecule has 1 aromatic heterocycles. The van der Waals surface area contributed by atoms with Gasteiger partial charge in [-0.25, -0.2) is 9.97 Å². The van der Waals surface area contributed by atoms with Gasteiger partial charge in [-0.05, 0) is 19.1 Å². The molecule has 0 aliphatic heterocycles. The third kappa shape index (κ3) is 3.03. The van der Waals surface area contributed by atoms with Crippen LogP contribution in [0.15, 0.2) is 60.7 Å². The summed E-state index contributed by atoms with van der Waals surface area (Å²) in [4.78, 5) is 8.89. The quantitative estimate of drug-likeness (QED) is 0.702. The van der Waals surface area contributed by atoms with E-state index < -0.39 is 0 Å². The van der Waals surface area contributed by atoms with E-state index in [-0.39, 0.29) is 0 Å². The SMILES string of the molecule is Cc1c(Cl)nc(Nc2ccccc2)nc1-c1ccccc1. The maximum Gasteiger partial charge on any atom is 0.229 e. The number of nitrogens with zero attached hydrogens (tertiary/aromatic N) is 2. The lowest BCUT2D eigenvalue weighted by Gasteiger charge is -2.10. The fourth-order valence-corrected chi connectivity index (χ4v) is 2.24. The topological polar surface area (TPSA) is 37.8 Å². The summed E-state index contributed by atoms with van der Waals surface area (Å²) in [7, 11) is 0. The number of rotatable bonds is 3. The first-order valence-corrected chi connectivity index (χ1v) is 7.03. The molecule has 0 amide bonds. The summed E-state index contributed by atoms with van der Waals surface area (Å²) in [5.41, 5.74) is 3.67. The molecule has 3 aromatic rings. The average molecular weight is 296 g/mol. The Morgan fingerprint density at radius 1 is 0.857 bits per heavy atom. The number of halogens is 1. The summed E-state index contributed by atoms with van der Waals surface area (Å²) in [5, 5.41) is 3.64. The van der Waals surface area contributed by atoms with Crippen LogP contribution in [-0.2, 0) is 0 Å². The van der Waals surface area contributed by atoms with Gasteiger partial charge in [0.2, 0.25) is 5.95 Å². The molecule has 3 rings (SSSR count). The van der Waals surface area contributed by atoms with Gasteiger partial charge >= 0.3 is 0 Å². The van der Waals surface area contributed by atoms with Crippen LogP contribution in [0.2, 0.25) is 5.15 Å². The molecule has 104 valence electrons. The summed E-state index contributed by atoms with van der Waals surface area (Å²) in [6, 6.07) is 19.7. The van der Waals surface area contributed by atoms with Crippen molar-refractivity contribution in [2.45, 2.75) is 6.92 Å². The van der Waals surface area contributed by atoms with Crippen molar-refractivity contribution >= 4 is 23.2 Å². The highest BCUT2D eigenvalue weighted by Crippen LogP contribution is 2.27. The van der Waals surface area contributed by atoms with E-state index in [0.29, 0.717) is 11.1 Å². The standard InChI is InChI=1S/C17H14ClN3/c1-12-15(13-8-4-2-5-9-13)20-17(21-16(12)18)19-14-10-6-3-7-11-14/h2-11H,1H3,(H,19,20,21). The van der Waals surface area contributed by atoms with Crippen molar-refractivity contribution in [2.24, 2.45) is 0 Å². The zero-order valence-electron chi connectivity index (χ0n) is 11.5. The summed E-state index contributed by atoms with van der Waals surface area (Å²) in [5.74, 6) is 0.496. The van der Waals surface area contributed by atoms with Crippen molar-refractivity contribution < 1.29 is 0 Å². The highest BCUT2D eigenvalue weighted by Gasteiger charge is 2.11. The van der Waals surface area contributed by atoms with Crippen molar-refractivity contribution in [1.29, 1.82) is 0 Å². The van der Waals surface area contributed by atoms with Crippen LogP contribution in [0.4, 0.5) is 11.6 Å². The molecule has 0 unspecified atom stereocenters. The molecule has 0 saturated carbocycles. The zero-order valence-corrected chi connectivity index (χ0v) is 12.3. The second-order valence-corrected chi connectivity index (χ2v) is 5.03. The molecule has 0 spiro atoms. The fourth-order valence-electron chi connectivity index (χ4n) is 2.07. The van der Waals surface area contributed by atoms with Crippen LogP contribution in [0.5, 0.6) is 0 Å². The third-order valence-corrected chi connectivity index (χ3v) is 3.53. The van der Waals surface area contributed by atoms with E-state index in [9.17, 15) is 0 Å². The van der Waals surface area contributed by atoms with E-state index in [4.69, 9.17) is 11.6 Å². The Kier molecular flexibility index (Phi) is 3.84. The second-order valence-electron chi connectivity index (χ2n) is 4.67. The molecule has 0 radical (unpaired) electrons. The number of benzene rings is 2. The van der Waals surface area contributed by atoms with Crippen LogP contribution in [0.1, 0.15) is 5.56 Å². The number of hydrogen-bond acceptors (Lipinski definition) is 3. The molecular formula is C17H14ClN3. The maximum absolute atomic E-state index is 6.24. The van der Waals surface area contributed by atoms with Crippen molar-refractivity contribution in [3.8, 4) is 11.3 Å². The van der Waals surface area contributed by atoms with E-state index in [0.717, 1.165) is 22.5 Å². The minimum Gasteiger partial charge on any atom is -0.324 e. The van der Waals surface area contributed by atoms with Crippen molar-refractivity contribution in [2.75, 3.05) is 5.32 Å². The van der Waals surface area contributed by atoms with Gasteiger partial charge in [0.1, 0.15) is 5.15 Å². The normalized spacial score (nSPS) is 10.4. The van der Waals surface area contributed by atoms with Crippen LogP contribution in [-0.4, -0.2) is 9.97 Å². The van der Waals surface area contributed by atoms with E-state index in [1.165, 1.54) is 0 Å². The van der Waals surface area contributed by atoms with Gasteiger partial charge in [0.05, 0.1) is 5.69 Å². The van der Waals surface area contributed by atoms with Crippen molar-refractivity contribution in [1.82, 2.24) is 9.97 Å². The lowest BCUT2D eigenvalue weighted by atomic mass is 10.1. The predicted molar refractivity (Wildman–Crippen MR) is 86.9 cm³/mol. The number of hydrogen-bond donors (Lipinski definition) is 1. The lowest BCUT2D eigenvalue weighted by molar-refractivity contribution is 1.14. The smallest absolute Gasteiger partial charge is 0.229 e. The van der Waals surface area contributed by atoms with Gasteiger partial charge in [-0.3, -0.25) is 0 Å². The van der Waals surface area contributed by atoms with Gasteiger partial charge in [0.25, 0.3) is 0 Å². The van der Waals surface area contributed by atoms with E-state index >= 15 is 0 Å². The highest BCUT2D eigenvalue weighted by molar-refractivity contribution is 6.30. The summed E-state index contributed by atoms with van der Waals surface area (Å²) >= 11 is 6.24. The molecule has 0 bridgehead atoms. The van der Waals surface area contributed by atoms with Gasteiger partial charge in [0, 0.05) is 16.8 Å². The molecule has 0 fully saturated rings. The molecule has 0 saturated heterocycles. The lowest BCUT2D eigenvalue weighted by Crippen LogP contribution is -2.01. The first kappa shape index (κ1) is 13.6. The van der Waals surface area contributed by atoms with E-state index in [1.807, 2.05) is 67.6 Å². The summed E-state index contributed by atoms with van der Waals surface area (Å²) < 4.78 is 0. The Morgan fingerprint density at radius 3 is 2.14 bits per heavy atom. The first-order chi connectivity index (χ1) is 10.2. The van der Waals surface area contributed by atoms with E-state index in [2.05, 4.69) is 15.3 Å². The predicted octanol–water partition coefficient (Wildman–Crippen LogP) is 4.85. The number of nitrogens with one attached hydrogen (secondary N) is 1. The van der Waals surface area contributed by atoms with Gasteiger partial charge < -0.3 is 5.32 Å². The molecule has 4 heteroatoms. The van der Waals surface area contributed by atoms with Crippen molar-refractivity contribution in [3.05, 3.63) is 71.4 Å².